The first-order valence-corrected chi connectivity index (χ1v) is 16.3. The smallest absolute Gasteiger partial charge is 0.244 e. The van der Waals surface area contributed by atoms with Crippen LogP contribution in [0.25, 0.3) is 0 Å². The van der Waals surface area contributed by atoms with Gasteiger partial charge in [0.2, 0.25) is 21.8 Å². The number of hydrogen-bond acceptors (Lipinski definition) is 4. The van der Waals surface area contributed by atoms with Crippen molar-refractivity contribution in [1.29, 1.82) is 0 Å². The van der Waals surface area contributed by atoms with E-state index in [1.165, 1.54) is 4.90 Å². The molecule has 0 spiro atoms. The summed E-state index contributed by atoms with van der Waals surface area (Å²) in [4.78, 5) is 29.6. The van der Waals surface area contributed by atoms with Crippen molar-refractivity contribution in [3.05, 3.63) is 101 Å². The molecule has 0 saturated heterocycles. The first kappa shape index (κ1) is 29.8. The monoisotopic (exact) mass is 625 g/mol. The predicted molar refractivity (Wildman–Crippen MR) is 162 cm³/mol. The quantitative estimate of drug-likeness (QED) is 0.313. The zero-order valence-electron chi connectivity index (χ0n) is 22.7. The van der Waals surface area contributed by atoms with Gasteiger partial charge in [0.15, 0.2) is 0 Å². The standard InChI is InChI=1S/C31H36BrN3O4S/c1-40(38,39)35(28-15-9-4-10-16-28)23-30(36)34(22-25-17-19-26(32)20-18-25)29(21-24-11-5-2-6-12-24)31(37)33-27-13-7-3-8-14-27/h2,4-6,9-12,15-20,27,29H,3,7-8,13-14,21-23H2,1H3,(H,33,37)/t29-/m0/s1. The molecule has 3 aromatic carbocycles. The summed E-state index contributed by atoms with van der Waals surface area (Å²) >= 11 is 3.45. The molecular formula is C31H36BrN3O4S. The molecule has 212 valence electrons. The Hall–Kier alpha value is -3.17. The van der Waals surface area contributed by atoms with Crippen LogP contribution in [0.1, 0.15) is 43.2 Å². The van der Waals surface area contributed by atoms with E-state index < -0.39 is 28.5 Å². The number of carbonyl (C=O) groups excluding carboxylic acids is 2. The fourth-order valence-corrected chi connectivity index (χ4v) is 6.21. The molecule has 1 aliphatic carbocycles. The van der Waals surface area contributed by atoms with Gasteiger partial charge in [-0.3, -0.25) is 13.9 Å². The van der Waals surface area contributed by atoms with E-state index in [0.29, 0.717) is 12.1 Å². The molecule has 0 aromatic heterocycles. The maximum Gasteiger partial charge on any atom is 0.244 e. The molecule has 7 nitrogen and oxygen atoms in total. The number of amides is 2. The van der Waals surface area contributed by atoms with Gasteiger partial charge in [0, 0.05) is 23.5 Å². The number of anilines is 1. The van der Waals surface area contributed by atoms with E-state index in [1.54, 1.807) is 30.3 Å². The molecule has 9 heteroatoms. The molecule has 1 atom stereocenters. The molecule has 0 aliphatic heterocycles. The largest absolute Gasteiger partial charge is 0.352 e. The third-order valence-electron chi connectivity index (χ3n) is 7.21. The Labute approximate surface area is 245 Å². The summed E-state index contributed by atoms with van der Waals surface area (Å²) in [5.74, 6) is -0.663. The first-order valence-electron chi connectivity index (χ1n) is 13.6. The van der Waals surface area contributed by atoms with E-state index >= 15 is 0 Å². The third kappa shape index (κ3) is 8.41. The summed E-state index contributed by atoms with van der Waals surface area (Å²) in [5, 5.41) is 3.21. The van der Waals surface area contributed by atoms with E-state index in [4.69, 9.17) is 0 Å². The van der Waals surface area contributed by atoms with Gasteiger partial charge in [-0.15, -0.1) is 0 Å². The number of para-hydroxylation sites is 1. The second-order valence-corrected chi connectivity index (χ2v) is 13.1. The molecule has 4 rings (SSSR count). The van der Waals surface area contributed by atoms with E-state index in [9.17, 15) is 18.0 Å². The van der Waals surface area contributed by atoms with Gasteiger partial charge < -0.3 is 10.2 Å². The summed E-state index contributed by atoms with van der Waals surface area (Å²) in [5.41, 5.74) is 2.15. The van der Waals surface area contributed by atoms with Crippen LogP contribution in [0.2, 0.25) is 0 Å². The Morgan fingerprint density at radius 1 is 0.875 bits per heavy atom. The second kappa shape index (κ2) is 13.9. The minimum absolute atomic E-state index is 0.0704. The number of hydrogen-bond donors (Lipinski definition) is 1. The van der Waals surface area contributed by atoms with E-state index in [2.05, 4.69) is 21.2 Å². The highest BCUT2D eigenvalue weighted by atomic mass is 79.9. The van der Waals surface area contributed by atoms with Crippen LogP contribution in [-0.2, 0) is 32.6 Å². The van der Waals surface area contributed by atoms with Crippen molar-refractivity contribution in [2.45, 2.75) is 57.2 Å². The minimum Gasteiger partial charge on any atom is -0.352 e. The molecule has 1 aliphatic rings. The van der Waals surface area contributed by atoms with Gasteiger partial charge in [0.05, 0.1) is 11.9 Å². The van der Waals surface area contributed by atoms with E-state index in [1.807, 2.05) is 54.6 Å². The van der Waals surface area contributed by atoms with Crippen LogP contribution in [0.4, 0.5) is 5.69 Å². The Balaban J connectivity index is 1.70. The molecule has 0 heterocycles. The average Bonchev–Trinajstić information content (AvgIpc) is 2.95. The Kier molecular flexibility index (Phi) is 10.4. The minimum atomic E-state index is -3.77. The molecule has 1 fully saturated rings. The molecule has 0 radical (unpaired) electrons. The third-order valence-corrected chi connectivity index (χ3v) is 8.88. The molecular weight excluding hydrogens is 590 g/mol. The Bertz CT molecular complexity index is 1360. The van der Waals surface area contributed by atoms with Crippen LogP contribution in [0.3, 0.4) is 0 Å². The van der Waals surface area contributed by atoms with Gasteiger partial charge in [-0.2, -0.15) is 0 Å². The highest BCUT2D eigenvalue weighted by molar-refractivity contribution is 9.10. The van der Waals surface area contributed by atoms with E-state index in [-0.39, 0.29) is 18.5 Å². The summed E-state index contributed by atoms with van der Waals surface area (Å²) in [6, 6.07) is 25.0. The molecule has 1 N–H and O–H groups in total. The zero-order valence-corrected chi connectivity index (χ0v) is 25.1. The summed E-state index contributed by atoms with van der Waals surface area (Å²) in [6.07, 6.45) is 6.53. The van der Waals surface area contributed by atoms with Gasteiger partial charge in [0.1, 0.15) is 12.6 Å². The van der Waals surface area contributed by atoms with Gasteiger partial charge in [0.25, 0.3) is 0 Å². The lowest BCUT2D eigenvalue weighted by molar-refractivity contribution is -0.140. The fourth-order valence-electron chi connectivity index (χ4n) is 5.09. The van der Waals surface area contributed by atoms with Gasteiger partial charge >= 0.3 is 0 Å². The van der Waals surface area contributed by atoms with Gasteiger partial charge in [-0.1, -0.05) is 95.9 Å². The SMILES string of the molecule is CS(=O)(=O)N(CC(=O)N(Cc1ccc(Br)cc1)[C@@H](Cc1ccccc1)C(=O)NC1CCCCC1)c1ccccc1. The van der Waals surface area contributed by atoms with Crippen molar-refractivity contribution in [2.24, 2.45) is 0 Å². The maximum absolute atomic E-state index is 14.1. The molecule has 0 bridgehead atoms. The lowest BCUT2D eigenvalue weighted by Gasteiger charge is -2.35. The second-order valence-electron chi connectivity index (χ2n) is 10.3. The van der Waals surface area contributed by atoms with Crippen molar-refractivity contribution in [3.8, 4) is 0 Å². The van der Waals surface area contributed by atoms with Crippen LogP contribution in [-0.4, -0.2) is 50.0 Å². The van der Waals surface area contributed by atoms with Crippen molar-refractivity contribution < 1.29 is 18.0 Å². The summed E-state index contributed by atoms with van der Waals surface area (Å²) in [6.45, 7) is -0.254. The molecule has 40 heavy (non-hydrogen) atoms. The number of nitrogens with zero attached hydrogens (tertiary/aromatic N) is 2. The number of benzene rings is 3. The first-order chi connectivity index (χ1) is 19.2. The number of rotatable bonds is 11. The highest BCUT2D eigenvalue weighted by Gasteiger charge is 2.34. The summed E-state index contributed by atoms with van der Waals surface area (Å²) < 4.78 is 27.6. The van der Waals surface area contributed by atoms with Crippen molar-refractivity contribution in [1.82, 2.24) is 10.2 Å². The van der Waals surface area contributed by atoms with Crippen LogP contribution >= 0.6 is 15.9 Å². The van der Waals surface area contributed by atoms with Gasteiger partial charge in [-0.05, 0) is 48.2 Å². The van der Waals surface area contributed by atoms with Crippen LogP contribution < -0.4 is 9.62 Å². The Morgan fingerprint density at radius 2 is 1.48 bits per heavy atom. The lowest BCUT2D eigenvalue weighted by atomic mass is 9.94. The summed E-state index contributed by atoms with van der Waals surface area (Å²) in [7, 11) is -3.77. The van der Waals surface area contributed by atoms with Crippen molar-refractivity contribution in [2.75, 3.05) is 17.1 Å². The number of nitrogens with one attached hydrogen (secondary N) is 1. The predicted octanol–water partition coefficient (Wildman–Crippen LogP) is 5.30. The van der Waals surface area contributed by atoms with Crippen LogP contribution in [0, 0.1) is 0 Å². The highest BCUT2D eigenvalue weighted by Crippen LogP contribution is 2.22. The van der Waals surface area contributed by atoms with Crippen molar-refractivity contribution in [3.63, 3.8) is 0 Å². The molecule has 2 amide bonds. The number of sulfonamides is 1. The average molecular weight is 627 g/mol. The zero-order chi connectivity index (χ0) is 28.5. The van der Waals surface area contributed by atoms with Crippen molar-refractivity contribution >= 4 is 43.5 Å². The van der Waals surface area contributed by atoms with Gasteiger partial charge in [-0.25, -0.2) is 8.42 Å². The molecule has 3 aromatic rings. The molecule has 1 saturated carbocycles. The van der Waals surface area contributed by atoms with E-state index in [0.717, 1.165) is 58.3 Å². The van der Waals surface area contributed by atoms with Crippen LogP contribution in [0.5, 0.6) is 0 Å². The number of carbonyl (C=O) groups is 2. The number of halogens is 1. The Morgan fingerprint density at radius 3 is 2.08 bits per heavy atom. The lowest BCUT2D eigenvalue weighted by Crippen LogP contribution is -2.55. The normalized spacial score (nSPS) is 14.8. The van der Waals surface area contributed by atoms with Crippen LogP contribution in [0.15, 0.2) is 89.4 Å². The fraction of sp³-hybridized carbons (Fsp3) is 0.355. The maximum atomic E-state index is 14.1. The molecule has 0 unspecified atom stereocenters. The topological polar surface area (TPSA) is 86.8 Å².